The molecule has 0 aliphatic rings. The van der Waals surface area contributed by atoms with E-state index >= 15 is 0 Å². The van der Waals surface area contributed by atoms with Crippen LogP contribution in [0.1, 0.15) is 73.9 Å². The predicted molar refractivity (Wildman–Crippen MR) is 117 cm³/mol. The van der Waals surface area contributed by atoms with Crippen molar-refractivity contribution in [1.29, 1.82) is 0 Å². The van der Waals surface area contributed by atoms with E-state index in [1.165, 1.54) is 20.9 Å². The monoisotopic (exact) mass is 388 g/mol. The highest BCUT2D eigenvalue weighted by atomic mass is 32.1. The maximum atomic E-state index is 10.3. The van der Waals surface area contributed by atoms with Crippen LogP contribution < -0.4 is 4.74 Å². The van der Waals surface area contributed by atoms with Crippen LogP contribution in [0.25, 0.3) is 0 Å². The number of thiophene rings is 1. The standard InChI is InChI=1S/C24H36O2S/c1-9-24(10-2,22-14-16(3)18(5)27-22)19-11-12-20(17(4)13-19)26-15-21(25)23(6,7)8/h11-14,21,25H,9-10,15H2,1-8H3. The van der Waals surface area contributed by atoms with Gasteiger partial charge in [0.25, 0.3) is 0 Å². The molecule has 2 rings (SSSR count). The van der Waals surface area contributed by atoms with Crippen LogP contribution in [0.2, 0.25) is 0 Å². The van der Waals surface area contributed by atoms with E-state index in [0.29, 0.717) is 6.61 Å². The average molecular weight is 389 g/mol. The molecular formula is C24H36O2S. The predicted octanol–water partition coefficient (Wildman–Crippen LogP) is 6.57. The molecule has 150 valence electrons. The number of aryl methyl sites for hydroxylation is 3. The Labute approximate surface area is 169 Å². The minimum Gasteiger partial charge on any atom is -0.491 e. The van der Waals surface area contributed by atoms with Gasteiger partial charge in [0.05, 0.1) is 6.10 Å². The third kappa shape index (κ3) is 4.57. The lowest BCUT2D eigenvalue weighted by molar-refractivity contribution is 0.0216. The first-order chi connectivity index (χ1) is 12.5. The molecule has 0 bridgehead atoms. The Bertz CT molecular complexity index is 744. The van der Waals surface area contributed by atoms with Crippen molar-refractivity contribution in [1.82, 2.24) is 0 Å². The molecular weight excluding hydrogens is 352 g/mol. The fraction of sp³-hybridized carbons (Fsp3) is 0.583. The third-order valence-corrected chi connectivity index (χ3v) is 7.33. The van der Waals surface area contributed by atoms with Crippen LogP contribution in [-0.4, -0.2) is 17.8 Å². The fourth-order valence-electron chi connectivity index (χ4n) is 3.49. The minimum atomic E-state index is -0.487. The molecule has 1 N–H and O–H groups in total. The van der Waals surface area contributed by atoms with Crippen molar-refractivity contribution in [2.75, 3.05) is 6.61 Å². The molecule has 3 heteroatoms. The van der Waals surface area contributed by atoms with Crippen molar-refractivity contribution in [2.45, 2.75) is 79.8 Å². The van der Waals surface area contributed by atoms with E-state index in [4.69, 9.17) is 4.74 Å². The molecule has 1 heterocycles. The average Bonchev–Trinajstić information content (AvgIpc) is 2.94. The molecule has 0 aliphatic carbocycles. The summed E-state index contributed by atoms with van der Waals surface area (Å²) in [5.41, 5.74) is 3.74. The molecule has 0 amide bonds. The van der Waals surface area contributed by atoms with Gasteiger partial charge in [-0.25, -0.2) is 0 Å². The maximum Gasteiger partial charge on any atom is 0.122 e. The van der Waals surface area contributed by atoms with Gasteiger partial charge in [-0.3, -0.25) is 0 Å². The highest BCUT2D eigenvalue weighted by Gasteiger charge is 2.33. The third-order valence-electron chi connectivity index (χ3n) is 5.97. The topological polar surface area (TPSA) is 29.5 Å². The van der Waals surface area contributed by atoms with Gasteiger partial charge in [0.1, 0.15) is 12.4 Å². The summed E-state index contributed by atoms with van der Waals surface area (Å²) in [5, 5.41) is 10.3. The largest absolute Gasteiger partial charge is 0.491 e. The number of hydrogen-bond acceptors (Lipinski definition) is 3. The lowest BCUT2D eigenvalue weighted by Crippen LogP contribution is -2.32. The molecule has 1 aromatic carbocycles. The summed E-state index contributed by atoms with van der Waals surface area (Å²) in [5.74, 6) is 0.863. The van der Waals surface area contributed by atoms with Gasteiger partial charge in [-0.05, 0) is 67.9 Å². The van der Waals surface area contributed by atoms with E-state index in [1.807, 2.05) is 32.1 Å². The molecule has 0 aliphatic heterocycles. The zero-order valence-corrected chi connectivity index (χ0v) is 19.1. The van der Waals surface area contributed by atoms with Crippen molar-refractivity contribution in [3.05, 3.63) is 50.7 Å². The van der Waals surface area contributed by atoms with E-state index < -0.39 is 6.10 Å². The molecule has 0 spiro atoms. The van der Waals surface area contributed by atoms with Gasteiger partial charge in [-0.2, -0.15) is 0 Å². The zero-order valence-electron chi connectivity index (χ0n) is 18.3. The number of aliphatic hydroxyl groups excluding tert-OH is 1. The van der Waals surface area contributed by atoms with E-state index in [0.717, 1.165) is 24.2 Å². The summed E-state index contributed by atoms with van der Waals surface area (Å²) in [6.45, 7) is 17.5. The van der Waals surface area contributed by atoms with Gasteiger partial charge in [0.15, 0.2) is 0 Å². The number of benzene rings is 1. The molecule has 0 fully saturated rings. The fourth-order valence-corrected chi connectivity index (χ4v) is 4.87. The van der Waals surface area contributed by atoms with Crippen LogP contribution >= 0.6 is 11.3 Å². The molecule has 27 heavy (non-hydrogen) atoms. The Balaban J connectivity index is 2.33. The van der Waals surface area contributed by atoms with E-state index in [-0.39, 0.29) is 10.8 Å². The minimum absolute atomic E-state index is 0.0535. The highest BCUT2D eigenvalue weighted by Crippen LogP contribution is 2.44. The summed E-state index contributed by atoms with van der Waals surface area (Å²) < 4.78 is 5.94. The first-order valence-electron chi connectivity index (χ1n) is 10.0. The Morgan fingerprint density at radius 1 is 1.00 bits per heavy atom. The Hall–Kier alpha value is -1.32. The molecule has 2 nitrogen and oxygen atoms in total. The van der Waals surface area contributed by atoms with Gasteiger partial charge in [0.2, 0.25) is 0 Å². The Kier molecular flexibility index (Phi) is 6.81. The smallest absolute Gasteiger partial charge is 0.122 e. The van der Waals surface area contributed by atoms with Crippen LogP contribution in [0, 0.1) is 26.2 Å². The normalized spacial score (nSPS) is 13.7. The van der Waals surface area contributed by atoms with Gasteiger partial charge in [-0.1, -0.05) is 46.8 Å². The Morgan fingerprint density at radius 3 is 2.07 bits per heavy atom. The summed E-state index contributed by atoms with van der Waals surface area (Å²) in [4.78, 5) is 2.86. The van der Waals surface area contributed by atoms with E-state index in [9.17, 15) is 5.11 Å². The SMILES string of the molecule is CCC(CC)(c1ccc(OCC(O)C(C)(C)C)c(C)c1)c1cc(C)c(C)s1. The van der Waals surface area contributed by atoms with Crippen LogP contribution in [-0.2, 0) is 5.41 Å². The first-order valence-corrected chi connectivity index (χ1v) is 10.9. The molecule has 1 aromatic heterocycles. The van der Waals surface area contributed by atoms with Crippen molar-refractivity contribution in [2.24, 2.45) is 5.41 Å². The number of rotatable bonds is 7. The lowest BCUT2D eigenvalue weighted by Gasteiger charge is -2.32. The Morgan fingerprint density at radius 2 is 1.63 bits per heavy atom. The van der Waals surface area contributed by atoms with Crippen LogP contribution in [0.5, 0.6) is 5.75 Å². The highest BCUT2D eigenvalue weighted by molar-refractivity contribution is 7.12. The summed E-state index contributed by atoms with van der Waals surface area (Å²) in [6.07, 6.45) is 1.66. The van der Waals surface area contributed by atoms with Crippen molar-refractivity contribution in [3.8, 4) is 5.75 Å². The zero-order chi connectivity index (χ0) is 20.4. The van der Waals surface area contributed by atoms with Crippen molar-refractivity contribution in [3.63, 3.8) is 0 Å². The van der Waals surface area contributed by atoms with Crippen LogP contribution in [0.4, 0.5) is 0 Å². The maximum absolute atomic E-state index is 10.3. The molecule has 0 saturated heterocycles. The van der Waals surface area contributed by atoms with Gasteiger partial charge in [-0.15, -0.1) is 11.3 Å². The summed E-state index contributed by atoms with van der Waals surface area (Å²) in [6, 6.07) is 8.93. The van der Waals surface area contributed by atoms with Crippen molar-refractivity contribution >= 4 is 11.3 Å². The van der Waals surface area contributed by atoms with E-state index in [2.05, 4.69) is 58.9 Å². The van der Waals surface area contributed by atoms with Crippen molar-refractivity contribution < 1.29 is 9.84 Å². The van der Waals surface area contributed by atoms with Crippen LogP contribution in [0.15, 0.2) is 24.3 Å². The van der Waals surface area contributed by atoms with Gasteiger partial charge < -0.3 is 9.84 Å². The van der Waals surface area contributed by atoms with Crippen LogP contribution in [0.3, 0.4) is 0 Å². The number of aliphatic hydroxyl groups is 1. The summed E-state index contributed by atoms with van der Waals surface area (Å²) >= 11 is 1.93. The second kappa shape index (κ2) is 8.36. The molecule has 1 atom stereocenters. The van der Waals surface area contributed by atoms with E-state index in [1.54, 1.807) is 0 Å². The number of ether oxygens (including phenoxy) is 1. The molecule has 0 radical (unpaired) electrons. The number of hydrogen-bond donors (Lipinski definition) is 1. The lowest BCUT2D eigenvalue weighted by atomic mass is 9.74. The second-order valence-corrected chi connectivity index (χ2v) is 10.1. The summed E-state index contributed by atoms with van der Waals surface area (Å²) in [7, 11) is 0. The first kappa shape index (κ1) is 22.0. The molecule has 0 saturated carbocycles. The molecule has 1 unspecified atom stereocenters. The van der Waals surface area contributed by atoms with Gasteiger partial charge in [0, 0.05) is 15.2 Å². The molecule has 2 aromatic rings. The quantitative estimate of drug-likeness (QED) is 0.581. The second-order valence-electron chi connectivity index (χ2n) is 8.81. The van der Waals surface area contributed by atoms with Gasteiger partial charge >= 0.3 is 0 Å².